The lowest BCUT2D eigenvalue weighted by Crippen LogP contribution is -2.50. The third-order valence-corrected chi connectivity index (χ3v) is 8.23. The number of aryl methyl sites for hydroxylation is 1. The molecule has 10 heteroatoms. The number of halogens is 2. The van der Waals surface area contributed by atoms with Gasteiger partial charge in [0, 0.05) is 31.7 Å². The molecule has 0 saturated carbocycles. The number of carbonyl (C=O) groups excluding carboxylic acids is 1. The van der Waals surface area contributed by atoms with Crippen LogP contribution in [0.15, 0.2) is 57.8 Å². The molecule has 2 heterocycles. The van der Waals surface area contributed by atoms with Crippen LogP contribution < -0.4 is 0 Å². The molecule has 168 valence electrons. The summed E-state index contributed by atoms with van der Waals surface area (Å²) in [6.45, 7) is 2.67. The largest absolute Gasteiger partial charge is 0.441 e. The van der Waals surface area contributed by atoms with Crippen molar-refractivity contribution in [2.45, 2.75) is 18.2 Å². The van der Waals surface area contributed by atoms with Gasteiger partial charge >= 0.3 is 0 Å². The SMILES string of the molecule is Cc1oc(-c2ccccc2)nc1CC(=O)N1CCN(S(=O)(=O)c2cccc(Cl)c2Cl)CC1. The van der Waals surface area contributed by atoms with E-state index in [0.29, 0.717) is 17.3 Å². The zero-order valence-electron chi connectivity index (χ0n) is 17.3. The molecule has 1 amide bonds. The molecular formula is C22H21Cl2N3O4S. The number of rotatable bonds is 5. The van der Waals surface area contributed by atoms with Crippen molar-refractivity contribution in [2.24, 2.45) is 0 Å². The third kappa shape index (κ3) is 4.54. The van der Waals surface area contributed by atoms with Gasteiger partial charge in [-0.3, -0.25) is 4.79 Å². The van der Waals surface area contributed by atoms with Gasteiger partial charge in [0.15, 0.2) is 0 Å². The summed E-state index contributed by atoms with van der Waals surface area (Å²) in [6.07, 6.45) is 0.0923. The van der Waals surface area contributed by atoms with E-state index >= 15 is 0 Å². The minimum atomic E-state index is -3.81. The fraction of sp³-hybridized carbons (Fsp3) is 0.273. The molecule has 1 aliphatic rings. The topological polar surface area (TPSA) is 83.7 Å². The molecule has 0 N–H and O–H groups in total. The van der Waals surface area contributed by atoms with Crippen molar-refractivity contribution in [1.29, 1.82) is 0 Å². The summed E-state index contributed by atoms with van der Waals surface area (Å²) in [5, 5.41) is 0.183. The van der Waals surface area contributed by atoms with Gasteiger partial charge in [0.05, 0.1) is 22.2 Å². The number of hydrogen-bond acceptors (Lipinski definition) is 5. The fourth-order valence-corrected chi connectivity index (χ4v) is 5.71. The van der Waals surface area contributed by atoms with E-state index in [1.807, 2.05) is 30.3 Å². The highest BCUT2D eigenvalue weighted by Crippen LogP contribution is 2.31. The maximum absolute atomic E-state index is 13.0. The summed E-state index contributed by atoms with van der Waals surface area (Å²) < 4.78 is 33.0. The van der Waals surface area contributed by atoms with Crippen LogP contribution in [0.25, 0.3) is 11.5 Å². The standard InChI is InChI=1S/C22H21Cl2N3O4S/c1-15-18(25-22(31-15)16-6-3-2-4-7-16)14-20(28)26-10-12-27(13-11-26)32(29,30)19-9-5-8-17(23)21(19)24/h2-9H,10-14H2,1H3. The lowest BCUT2D eigenvalue weighted by molar-refractivity contribution is -0.131. The van der Waals surface area contributed by atoms with Crippen LogP contribution >= 0.6 is 23.2 Å². The molecule has 3 aromatic rings. The van der Waals surface area contributed by atoms with Gasteiger partial charge in [0.25, 0.3) is 0 Å². The average molecular weight is 494 g/mol. The van der Waals surface area contributed by atoms with E-state index in [1.165, 1.54) is 16.4 Å². The maximum atomic E-state index is 13.0. The van der Waals surface area contributed by atoms with Crippen molar-refractivity contribution in [1.82, 2.24) is 14.2 Å². The molecule has 32 heavy (non-hydrogen) atoms. The molecule has 2 aromatic carbocycles. The zero-order valence-corrected chi connectivity index (χ0v) is 19.6. The Morgan fingerprint density at radius 2 is 1.72 bits per heavy atom. The number of hydrogen-bond donors (Lipinski definition) is 0. The van der Waals surface area contributed by atoms with Gasteiger partial charge in [-0.05, 0) is 31.2 Å². The minimum Gasteiger partial charge on any atom is -0.441 e. The van der Waals surface area contributed by atoms with Crippen molar-refractivity contribution >= 4 is 39.1 Å². The summed E-state index contributed by atoms with van der Waals surface area (Å²) in [4.78, 5) is 18.9. The number of aromatic nitrogens is 1. The third-order valence-electron chi connectivity index (χ3n) is 5.36. The fourth-order valence-electron chi connectivity index (χ4n) is 3.55. The van der Waals surface area contributed by atoms with Gasteiger partial charge in [-0.2, -0.15) is 4.31 Å². The second-order valence-corrected chi connectivity index (χ2v) is 10.1. The highest BCUT2D eigenvalue weighted by molar-refractivity contribution is 7.89. The van der Waals surface area contributed by atoms with E-state index in [9.17, 15) is 13.2 Å². The second kappa shape index (κ2) is 9.23. The number of amides is 1. The number of benzene rings is 2. The summed E-state index contributed by atoms with van der Waals surface area (Å²) in [7, 11) is -3.81. The lowest BCUT2D eigenvalue weighted by atomic mass is 10.2. The van der Waals surface area contributed by atoms with Crippen molar-refractivity contribution < 1.29 is 17.6 Å². The first-order valence-electron chi connectivity index (χ1n) is 10.0. The highest BCUT2D eigenvalue weighted by atomic mass is 35.5. The predicted octanol–water partition coefficient (Wildman–Crippen LogP) is 4.03. The van der Waals surface area contributed by atoms with Crippen molar-refractivity contribution in [3.05, 3.63) is 70.0 Å². The predicted molar refractivity (Wildman–Crippen MR) is 122 cm³/mol. The summed E-state index contributed by atoms with van der Waals surface area (Å²) in [5.41, 5.74) is 1.42. The number of oxazole rings is 1. The number of carbonyl (C=O) groups is 1. The van der Waals surface area contributed by atoms with Crippen LogP contribution in [0.4, 0.5) is 0 Å². The number of nitrogens with zero attached hydrogens (tertiary/aromatic N) is 3. The van der Waals surface area contributed by atoms with Gasteiger partial charge in [-0.25, -0.2) is 13.4 Å². The van der Waals surface area contributed by atoms with Crippen LogP contribution in [0.1, 0.15) is 11.5 Å². The highest BCUT2D eigenvalue weighted by Gasteiger charge is 2.32. The molecule has 0 unspecified atom stereocenters. The molecule has 1 aliphatic heterocycles. The van der Waals surface area contributed by atoms with E-state index in [1.54, 1.807) is 17.9 Å². The molecule has 1 aromatic heterocycles. The molecule has 4 rings (SSSR count). The molecular weight excluding hydrogens is 473 g/mol. The zero-order chi connectivity index (χ0) is 22.9. The Bertz CT molecular complexity index is 1240. The van der Waals surface area contributed by atoms with E-state index < -0.39 is 10.0 Å². The smallest absolute Gasteiger partial charge is 0.244 e. The molecule has 0 radical (unpaired) electrons. The molecule has 0 aliphatic carbocycles. The normalized spacial score (nSPS) is 15.2. The van der Waals surface area contributed by atoms with Crippen LogP contribution in [0.3, 0.4) is 0 Å². The van der Waals surface area contributed by atoms with Crippen LogP contribution in [0.2, 0.25) is 10.0 Å². The van der Waals surface area contributed by atoms with E-state index in [-0.39, 0.29) is 53.4 Å². The Morgan fingerprint density at radius 1 is 1.03 bits per heavy atom. The monoisotopic (exact) mass is 493 g/mol. The minimum absolute atomic E-state index is 0.00315. The first-order valence-corrected chi connectivity index (χ1v) is 12.2. The lowest BCUT2D eigenvalue weighted by Gasteiger charge is -2.34. The molecule has 1 saturated heterocycles. The van der Waals surface area contributed by atoms with Crippen LogP contribution in [-0.4, -0.2) is 54.7 Å². The number of sulfonamides is 1. The quantitative estimate of drug-likeness (QED) is 0.535. The van der Waals surface area contributed by atoms with Gasteiger partial charge in [0.2, 0.25) is 21.8 Å². The first kappa shape index (κ1) is 22.8. The molecule has 1 fully saturated rings. The number of piperazine rings is 1. The van der Waals surface area contributed by atoms with E-state index in [0.717, 1.165) is 5.56 Å². The van der Waals surface area contributed by atoms with Crippen molar-refractivity contribution in [2.75, 3.05) is 26.2 Å². The van der Waals surface area contributed by atoms with Crippen LogP contribution in [0, 0.1) is 6.92 Å². The average Bonchev–Trinajstić information content (AvgIpc) is 3.16. The Morgan fingerprint density at radius 3 is 2.41 bits per heavy atom. The van der Waals surface area contributed by atoms with Crippen LogP contribution in [-0.2, 0) is 21.2 Å². The van der Waals surface area contributed by atoms with Crippen LogP contribution in [0.5, 0.6) is 0 Å². The first-order chi connectivity index (χ1) is 15.3. The summed E-state index contributed by atoms with van der Waals surface area (Å²) in [5.74, 6) is 0.938. The van der Waals surface area contributed by atoms with Gasteiger partial charge in [0.1, 0.15) is 10.7 Å². The molecule has 7 nitrogen and oxygen atoms in total. The van der Waals surface area contributed by atoms with Crippen molar-refractivity contribution in [3.8, 4) is 11.5 Å². The summed E-state index contributed by atoms with van der Waals surface area (Å²) in [6, 6.07) is 14.0. The Hall–Kier alpha value is -2.39. The summed E-state index contributed by atoms with van der Waals surface area (Å²) >= 11 is 12.1. The Labute approximate surface area is 196 Å². The van der Waals surface area contributed by atoms with E-state index in [2.05, 4.69) is 4.98 Å². The second-order valence-electron chi connectivity index (χ2n) is 7.40. The van der Waals surface area contributed by atoms with Crippen molar-refractivity contribution in [3.63, 3.8) is 0 Å². The van der Waals surface area contributed by atoms with E-state index in [4.69, 9.17) is 27.6 Å². The van der Waals surface area contributed by atoms with Gasteiger partial charge < -0.3 is 9.32 Å². The molecule has 0 bridgehead atoms. The van der Waals surface area contributed by atoms with Gasteiger partial charge in [-0.1, -0.05) is 47.5 Å². The molecule has 0 spiro atoms. The maximum Gasteiger partial charge on any atom is 0.244 e. The Kier molecular flexibility index (Phi) is 6.57. The van der Waals surface area contributed by atoms with Gasteiger partial charge in [-0.15, -0.1) is 0 Å². The Balaban J connectivity index is 1.41. The molecule has 0 atom stereocenters.